The first-order valence-electron chi connectivity index (χ1n) is 7.59. The van der Waals surface area contributed by atoms with Crippen LogP contribution in [0.15, 0.2) is 11.8 Å². The Bertz CT molecular complexity index is 401. The average Bonchev–Trinajstić information content (AvgIpc) is 2.41. The molecule has 4 rings (SSSR count). The van der Waals surface area contributed by atoms with Crippen molar-refractivity contribution in [2.75, 3.05) is 19.6 Å². The van der Waals surface area contributed by atoms with Crippen LogP contribution in [0.1, 0.15) is 38.5 Å². The van der Waals surface area contributed by atoms with E-state index >= 15 is 0 Å². The number of rotatable bonds is 0. The van der Waals surface area contributed by atoms with Crippen molar-refractivity contribution in [3.05, 3.63) is 11.8 Å². The van der Waals surface area contributed by atoms with Crippen molar-refractivity contribution in [1.29, 1.82) is 0 Å². The number of carbonyl (C=O) groups is 1. The summed E-state index contributed by atoms with van der Waals surface area (Å²) in [4.78, 5) is 17.0. The summed E-state index contributed by atoms with van der Waals surface area (Å²) < 4.78 is 0. The Hall–Kier alpha value is -0.830. The molecule has 18 heavy (non-hydrogen) atoms. The van der Waals surface area contributed by atoms with E-state index in [1.165, 1.54) is 44.5 Å². The Morgan fingerprint density at radius 1 is 1.17 bits per heavy atom. The number of amides is 1. The summed E-state index contributed by atoms with van der Waals surface area (Å²) in [5, 5.41) is 0. The normalized spacial score (nSPS) is 40.0. The van der Waals surface area contributed by atoms with Crippen molar-refractivity contribution < 1.29 is 4.79 Å². The van der Waals surface area contributed by atoms with Gasteiger partial charge < -0.3 is 4.90 Å². The number of carbonyl (C=O) groups excluding carboxylic acids is 1. The van der Waals surface area contributed by atoms with E-state index in [1.54, 1.807) is 0 Å². The van der Waals surface area contributed by atoms with Gasteiger partial charge in [-0.3, -0.25) is 9.69 Å². The molecule has 0 N–H and O–H groups in total. The van der Waals surface area contributed by atoms with Gasteiger partial charge in [-0.15, -0.1) is 0 Å². The fourth-order valence-corrected chi connectivity index (χ4v) is 4.75. The van der Waals surface area contributed by atoms with Crippen LogP contribution < -0.4 is 0 Å². The highest BCUT2D eigenvalue weighted by atomic mass is 16.2. The van der Waals surface area contributed by atoms with Gasteiger partial charge in [-0.2, -0.15) is 0 Å². The third kappa shape index (κ3) is 1.49. The molecule has 1 amide bonds. The van der Waals surface area contributed by atoms with Crippen molar-refractivity contribution in [3.8, 4) is 0 Å². The first-order chi connectivity index (χ1) is 8.84. The lowest BCUT2D eigenvalue weighted by Crippen LogP contribution is -2.61. The molecule has 3 heteroatoms. The predicted molar refractivity (Wildman–Crippen MR) is 69.8 cm³/mol. The molecular weight excluding hydrogens is 224 g/mol. The smallest absolute Gasteiger partial charge is 0.227 e. The van der Waals surface area contributed by atoms with E-state index in [-0.39, 0.29) is 0 Å². The number of hydrogen-bond donors (Lipinski definition) is 0. The van der Waals surface area contributed by atoms with Crippen LogP contribution in [0.4, 0.5) is 0 Å². The maximum Gasteiger partial charge on any atom is 0.227 e. The van der Waals surface area contributed by atoms with Gasteiger partial charge >= 0.3 is 0 Å². The molecule has 3 atom stereocenters. The summed E-state index contributed by atoms with van der Waals surface area (Å²) in [6, 6.07) is 0.751. The largest absolute Gasteiger partial charge is 0.316 e. The Morgan fingerprint density at radius 2 is 2.00 bits per heavy atom. The van der Waals surface area contributed by atoms with Crippen LogP contribution in [0.3, 0.4) is 0 Å². The molecule has 0 aliphatic carbocycles. The summed E-state index contributed by atoms with van der Waals surface area (Å²) in [5.41, 5.74) is 1.39. The van der Waals surface area contributed by atoms with Gasteiger partial charge in [0.1, 0.15) is 0 Å². The van der Waals surface area contributed by atoms with Gasteiger partial charge in [0.15, 0.2) is 0 Å². The maximum absolute atomic E-state index is 12.1. The zero-order chi connectivity index (χ0) is 12.1. The molecule has 3 nitrogen and oxygen atoms in total. The third-order valence-corrected chi connectivity index (χ3v) is 5.42. The van der Waals surface area contributed by atoms with Crippen molar-refractivity contribution in [3.63, 3.8) is 0 Å². The van der Waals surface area contributed by atoms with E-state index in [0.717, 1.165) is 31.3 Å². The number of nitrogens with zero attached hydrogens (tertiary/aromatic N) is 2. The van der Waals surface area contributed by atoms with Gasteiger partial charge in [0, 0.05) is 30.6 Å². The summed E-state index contributed by atoms with van der Waals surface area (Å²) in [6.07, 6.45) is 9.33. The van der Waals surface area contributed by atoms with E-state index in [1.807, 2.05) is 0 Å². The number of hydrogen-bond acceptors (Lipinski definition) is 2. The van der Waals surface area contributed by atoms with Crippen LogP contribution in [0.2, 0.25) is 0 Å². The predicted octanol–water partition coefficient (Wildman–Crippen LogP) is 2.00. The quantitative estimate of drug-likeness (QED) is 0.652. The van der Waals surface area contributed by atoms with Crippen LogP contribution in [0.25, 0.3) is 0 Å². The molecule has 0 aromatic carbocycles. The van der Waals surface area contributed by atoms with E-state index in [4.69, 9.17) is 0 Å². The van der Waals surface area contributed by atoms with E-state index < -0.39 is 0 Å². The summed E-state index contributed by atoms with van der Waals surface area (Å²) in [6.45, 7) is 3.58. The van der Waals surface area contributed by atoms with Crippen LogP contribution in [-0.2, 0) is 4.79 Å². The topological polar surface area (TPSA) is 23.6 Å². The van der Waals surface area contributed by atoms with Gasteiger partial charge in [-0.1, -0.05) is 6.08 Å². The standard InChI is InChI=1S/C15H22N2O/c18-14-7-1-6-13-12-5-3-9-16-8-2-4-11(15(12)16)10-17(13)14/h6,11-12,15H,1-5,7-10H2/t11-,12+,15-/m0/s1. The molecule has 0 spiro atoms. The maximum atomic E-state index is 12.1. The van der Waals surface area contributed by atoms with Crippen molar-refractivity contribution in [1.82, 2.24) is 9.80 Å². The van der Waals surface area contributed by atoms with Crippen molar-refractivity contribution in [2.24, 2.45) is 11.8 Å². The van der Waals surface area contributed by atoms with Crippen LogP contribution >= 0.6 is 0 Å². The molecule has 0 radical (unpaired) electrons. The minimum atomic E-state index is 0.383. The molecule has 3 fully saturated rings. The van der Waals surface area contributed by atoms with Crippen molar-refractivity contribution in [2.45, 2.75) is 44.6 Å². The molecule has 0 bridgehead atoms. The van der Waals surface area contributed by atoms with Crippen LogP contribution in [0, 0.1) is 11.8 Å². The second-order valence-corrected chi connectivity index (χ2v) is 6.35. The first kappa shape index (κ1) is 11.0. The van der Waals surface area contributed by atoms with Gasteiger partial charge in [0.25, 0.3) is 0 Å². The number of piperidine rings is 3. The van der Waals surface area contributed by atoms with Gasteiger partial charge in [-0.25, -0.2) is 0 Å². The van der Waals surface area contributed by atoms with Gasteiger partial charge in [-0.05, 0) is 51.1 Å². The SMILES string of the molecule is O=C1CCC=C2[C@H]3CCCN4CCC[C@@H](CN12)[C@@H]34. The van der Waals surface area contributed by atoms with Crippen molar-refractivity contribution >= 4 is 5.91 Å². The van der Waals surface area contributed by atoms with E-state index in [0.29, 0.717) is 11.8 Å². The Labute approximate surface area is 109 Å². The molecule has 4 aliphatic rings. The average molecular weight is 246 g/mol. The molecule has 4 aliphatic heterocycles. The van der Waals surface area contributed by atoms with Crippen LogP contribution in [-0.4, -0.2) is 41.4 Å². The number of fused-ring (bicyclic) bond motifs is 2. The highest BCUT2D eigenvalue weighted by Crippen LogP contribution is 2.44. The Kier molecular flexibility index (Phi) is 2.51. The zero-order valence-electron chi connectivity index (χ0n) is 11.0. The first-order valence-corrected chi connectivity index (χ1v) is 7.59. The molecule has 98 valence electrons. The lowest BCUT2D eigenvalue weighted by Gasteiger charge is -2.55. The molecule has 3 saturated heterocycles. The Morgan fingerprint density at radius 3 is 2.89 bits per heavy atom. The third-order valence-electron chi connectivity index (χ3n) is 5.42. The monoisotopic (exact) mass is 246 g/mol. The lowest BCUT2D eigenvalue weighted by atomic mass is 9.71. The van der Waals surface area contributed by atoms with Gasteiger partial charge in [0.05, 0.1) is 0 Å². The lowest BCUT2D eigenvalue weighted by molar-refractivity contribution is -0.135. The summed E-state index contributed by atoms with van der Waals surface area (Å²) in [5.74, 6) is 1.78. The summed E-state index contributed by atoms with van der Waals surface area (Å²) >= 11 is 0. The van der Waals surface area contributed by atoms with Crippen LogP contribution in [0.5, 0.6) is 0 Å². The second kappa shape index (κ2) is 4.09. The molecule has 0 aromatic heterocycles. The zero-order valence-corrected chi connectivity index (χ0v) is 11.0. The highest BCUT2D eigenvalue weighted by molar-refractivity contribution is 5.79. The molecule has 0 saturated carbocycles. The fraction of sp³-hybridized carbons (Fsp3) is 0.800. The molecule has 0 unspecified atom stereocenters. The fourth-order valence-electron chi connectivity index (χ4n) is 4.75. The van der Waals surface area contributed by atoms with Gasteiger partial charge in [0.2, 0.25) is 5.91 Å². The molecule has 4 heterocycles. The highest BCUT2D eigenvalue weighted by Gasteiger charge is 2.47. The van der Waals surface area contributed by atoms with E-state index in [9.17, 15) is 4.79 Å². The minimum Gasteiger partial charge on any atom is -0.316 e. The minimum absolute atomic E-state index is 0.383. The molecule has 0 aromatic rings. The van der Waals surface area contributed by atoms with E-state index in [2.05, 4.69) is 15.9 Å². The second-order valence-electron chi connectivity index (χ2n) is 6.35. The summed E-state index contributed by atoms with van der Waals surface area (Å²) in [7, 11) is 0. The number of allylic oxidation sites excluding steroid dienone is 1. The Balaban J connectivity index is 1.72. The molecular formula is C15H22N2O.